The third kappa shape index (κ3) is 3.31. The molecule has 1 N–H and O–H groups in total. The van der Waals surface area contributed by atoms with Gasteiger partial charge in [0.25, 0.3) is 0 Å². The Morgan fingerprint density at radius 1 is 1.43 bits per heavy atom. The molecule has 70 valence electrons. The van der Waals surface area contributed by atoms with Gasteiger partial charge in [0.05, 0.1) is 11.6 Å². The van der Waals surface area contributed by atoms with E-state index in [1.165, 1.54) is 0 Å². The molecule has 0 saturated heterocycles. The van der Waals surface area contributed by atoms with Crippen LogP contribution in [0.3, 0.4) is 0 Å². The normalized spacial score (nSPS) is 9.00. The van der Waals surface area contributed by atoms with Crippen molar-refractivity contribution in [2.75, 3.05) is 6.54 Å². The fraction of sp³-hybridized carbons (Fsp3) is 0.250. The molecule has 0 aliphatic carbocycles. The van der Waals surface area contributed by atoms with Crippen LogP contribution in [0, 0.1) is 23.7 Å². The molecule has 0 spiro atoms. The Balaban J connectivity index is 2.44. The summed E-state index contributed by atoms with van der Waals surface area (Å²) < 4.78 is 0. The van der Waals surface area contributed by atoms with E-state index in [1.807, 2.05) is 18.2 Å². The van der Waals surface area contributed by atoms with Crippen LogP contribution in [-0.2, 0) is 6.54 Å². The van der Waals surface area contributed by atoms with E-state index < -0.39 is 0 Å². The maximum Gasteiger partial charge on any atom is 0.0991 e. The first-order valence-electron chi connectivity index (χ1n) is 4.50. The number of terminal acetylenes is 1. The quantitative estimate of drug-likeness (QED) is 0.570. The van der Waals surface area contributed by atoms with Crippen molar-refractivity contribution >= 4 is 0 Å². The summed E-state index contributed by atoms with van der Waals surface area (Å²) in [4.78, 5) is 0. The molecule has 0 amide bonds. The lowest BCUT2D eigenvalue weighted by Gasteiger charge is -2.02. The molecular formula is C12H12N2. The van der Waals surface area contributed by atoms with E-state index in [-0.39, 0.29) is 0 Å². The molecule has 0 aromatic heterocycles. The highest BCUT2D eigenvalue weighted by Gasteiger charge is 1.93. The van der Waals surface area contributed by atoms with Crippen LogP contribution < -0.4 is 5.32 Å². The summed E-state index contributed by atoms with van der Waals surface area (Å²) in [6.45, 7) is 1.57. The smallest absolute Gasteiger partial charge is 0.0991 e. The van der Waals surface area contributed by atoms with Gasteiger partial charge in [0.15, 0.2) is 0 Å². The minimum Gasteiger partial charge on any atom is -0.312 e. The Bertz CT molecular complexity index is 369. The Hall–Kier alpha value is -1.77. The summed E-state index contributed by atoms with van der Waals surface area (Å²) in [5, 5.41) is 11.9. The molecule has 1 aromatic rings. The zero-order valence-electron chi connectivity index (χ0n) is 7.96. The lowest BCUT2D eigenvalue weighted by molar-refractivity contribution is 0.701. The maximum absolute atomic E-state index is 8.67. The van der Waals surface area contributed by atoms with Crippen LogP contribution in [0.4, 0.5) is 0 Å². The molecule has 0 unspecified atom stereocenters. The van der Waals surface area contributed by atoms with Gasteiger partial charge in [-0.15, -0.1) is 12.3 Å². The van der Waals surface area contributed by atoms with E-state index in [4.69, 9.17) is 11.7 Å². The number of nitrogens with one attached hydrogen (secondary N) is 1. The number of hydrogen-bond donors (Lipinski definition) is 1. The highest BCUT2D eigenvalue weighted by Crippen LogP contribution is 2.03. The summed E-state index contributed by atoms with van der Waals surface area (Å²) >= 11 is 0. The van der Waals surface area contributed by atoms with E-state index in [9.17, 15) is 0 Å². The van der Waals surface area contributed by atoms with Gasteiger partial charge in [0.2, 0.25) is 0 Å². The second kappa shape index (κ2) is 5.80. The Labute approximate surface area is 84.6 Å². The van der Waals surface area contributed by atoms with Crippen molar-refractivity contribution in [2.45, 2.75) is 13.0 Å². The molecule has 14 heavy (non-hydrogen) atoms. The molecule has 2 nitrogen and oxygen atoms in total. The average Bonchev–Trinajstić information content (AvgIpc) is 2.25. The second-order valence-corrected chi connectivity index (χ2v) is 2.94. The molecule has 0 aliphatic heterocycles. The van der Waals surface area contributed by atoms with E-state index in [2.05, 4.69) is 17.3 Å². The zero-order valence-corrected chi connectivity index (χ0v) is 7.96. The van der Waals surface area contributed by atoms with E-state index >= 15 is 0 Å². The predicted molar refractivity (Wildman–Crippen MR) is 56.3 cm³/mol. The van der Waals surface area contributed by atoms with Gasteiger partial charge in [-0.05, 0) is 17.7 Å². The van der Waals surface area contributed by atoms with E-state index in [0.29, 0.717) is 5.56 Å². The third-order valence-corrected chi connectivity index (χ3v) is 1.83. The monoisotopic (exact) mass is 184 g/mol. The lowest BCUT2D eigenvalue weighted by Crippen LogP contribution is -2.14. The maximum atomic E-state index is 8.67. The van der Waals surface area contributed by atoms with Gasteiger partial charge < -0.3 is 5.32 Å². The second-order valence-electron chi connectivity index (χ2n) is 2.94. The van der Waals surface area contributed by atoms with Crippen molar-refractivity contribution in [3.8, 4) is 18.4 Å². The number of hydrogen-bond acceptors (Lipinski definition) is 2. The fourth-order valence-electron chi connectivity index (χ4n) is 1.14. The van der Waals surface area contributed by atoms with Crippen molar-refractivity contribution in [3.05, 3.63) is 35.4 Å². The van der Waals surface area contributed by atoms with Crippen molar-refractivity contribution < 1.29 is 0 Å². The van der Waals surface area contributed by atoms with Gasteiger partial charge in [-0.2, -0.15) is 5.26 Å². The summed E-state index contributed by atoms with van der Waals surface area (Å²) in [6, 6.07) is 9.66. The minimum absolute atomic E-state index is 0.696. The number of benzene rings is 1. The van der Waals surface area contributed by atoms with Crippen LogP contribution in [0.2, 0.25) is 0 Å². The van der Waals surface area contributed by atoms with E-state index in [0.717, 1.165) is 25.1 Å². The molecule has 0 radical (unpaired) electrons. The van der Waals surface area contributed by atoms with Crippen molar-refractivity contribution in [2.24, 2.45) is 0 Å². The first-order valence-corrected chi connectivity index (χ1v) is 4.50. The Morgan fingerprint density at radius 3 is 3.00 bits per heavy atom. The van der Waals surface area contributed by atoms with Crippen LogP contribution in [0.25, 0.3) is 0 Å². The highest BCUT2D eigenvalue weighted by molar-refractivity contribution is 5.32. The molecule has 1 aromatic carbocycles. The van der Waals surface area contributed by atoms with Crippen molar-refractivity contribution in [3.63, 3.8) is 0 Å². The first kappa shape index (κ1) is 10.3. The lowest BCUT2D eigenvalue weighted by atomic mass is 10.1. The standard InChI is InChI=1S/C12H12N2/c1-2-3-7-14-10-12-6-4-5-11(8-12)9-13/h1,4-6,8,14H,3,7,10H2. The van der Waals surface area contributed by atoms with Gasteiger partial charge in [0, 0.05) is 19.5 Å². The Kier molecular flexibility index (Phi) is 4.27. The molecule has 2 heteroatoms. The molecular weight excluding hydrogens is 172 g/mol. The molecule has 1 rings (SSSR count). The topological polar surface area (TPSA) is 35.8 Å². The molecule has 0 atom stereocenters. The first-order chi connectivity index (χ1) is 6.86. The van der Waals surface area contributed by atoms with Gasteiger partial charge >= 0.3 is 0 Å². The fourth-order valence-corrected chi connectivity index (χ4v) is 1.14. The summed E-state index contributed by atoms with van der Waals surface area (Å²) in [5.74, 6) is 2.56. The summed E-state index contributed by atoms with van der Waals surface area (Å²) in [6.07, 6.45) is 5.85. The van der Waals surface area contributed by atoms with Crippen molar-refractivity contribution in [1.82, 2.24) is 5.32 Å². The van der Waals surface area contributed by atoms with Crippen molar-refractivity contribution in [1.29, 1.82) is 5.26 Å². The van der Waals surface area contributed by atoms with Gasteiger partial charge in [-0.25, -0.2) is 0 Å². The van der Waals surface area contributed by atoms with E-state index in [1.54, 1.807) is 6.07 Å². The molecule has 0 bridgehead atoms. The summed E-state index contributed by atoms with van der Waals surface area (Å²) in [7, 11) is 0. The van der Waals surface area contributed by atoms with Crippen LogP contribution >= 0.6 is 0 Å². The average molecular weight is 184 g/mol. The minimum atomic E-state index is 0.696. The summed E-state index contributed by atoms with van der Waals surface area (Å²) in [5.41, 5.74) is 1.81. The highest BCUT2D eigenvalue weighted by atomic mass is 14.8. The number of nitrogens with zero attached hydrogens (tertiary/aromatic N) is 1. The SMILES string of the molecule is C#CCCNCc1cccc(C#N)c1. The number of nitriles is 1. The molecule has 0 heterocycles. The molecule has 0 saturated carbocycles. The largest absolute Gasteiger partial charge is 0.312 e. The van der Waals surface area contributed by atoms with Crippen LogP contribution in [0.1, 0.15) is 17.5 Å². The van der Waals surface area contributed by atoms with Gasteiger partial charge in [-0.3, -0.25) is 0 Å². The predicted octanol–water partition coefficient (Wildman–Crippen LogP) is 1.67. The molecule has 0 aliphatic rings. The van der Waals surface area contributed by atoms with Gasteiger partial charge in [0.1, 0.15) is 0 Å². The van der Waals surface area contributed by atoms with Crippen LogP contribution in [-0.4, -0.2) is 6.54 Å². The van der Waals surface area contributed by atoms with Crippen LogP contribution in [0.15, 0.2) is 24.3 Å². The van der Waals surface area contributed by atoms with Gasteiger partial charge in [-0.1, -0.05) is 12.1 Å². The van der Waals surface area contributed by atoms with Crippen LogP contribution in [0.5, 0.6) is 0 Å². The third-order valence-electron chi connectivity index (χ3n) is 1.83. The number of rotatable bonds is 4. The molecule has 0 fully saturated rings. The zero-order chi connectivity index (χ0) is 10.2. The Morgan fingerprint density at radius 2 is 2.29 bits per heavy atom.